The number of hydrogen-bond acceptors (Lipinski definition) is 3. The van der Waals surface area contributed by atoms with Crippen molar-refractivity contribution in [2.24, 2.45) is 0 Å². The summed E-state index contributed by atoms with van der Waals surface area (Å²) >= 11 is 0. The monoisotopic (exact) mass is 223 g/mol. The van der Waals surface area contributed by atoms with E-state index < -0.39 is 18.0 Å². The standard InChI is InChI=1S/C8H12F3N3O/c1-12-4-6(15)5-14-3-2-7(13-14)8(9,10)11/h2-3,6,12,15H,4-5H2,1H3. The summed E-state index contributed by atoms with van der Waals surface area (Å²) in [6.45, 7) is 0.345. The third kappa shape index (κ3) is 3.52. The van der Waals surface area contributed by atoms with Crippen molar-refractivity contribution in [2.45, 2.75) is 18.8 Å². The number of aliphatic hydroxyl groups is 1. The lowest BCUT2D eigenvalue weighted by Crippen LogP contribution is -2.28. The average molecular weight is 223 g/mol. The molecule has 0 aliphatic carbocycles. The number of aliphatic hydroxyl groups excluding tert-OH is 1. The molecule has 0 amide bonds. The van der Waals surface area contributed by atoms with Crippen molar-refractivity contribution in [3.8, 4) is 0 Å². The zero-order valence-electron chi connectivity index (χ0n) is 8.12. The SMILES string of the molecule is CNCC(O)Cn1ccc(C(F)(F)F)n1. The summed E-state index contributed by atoms with van der Waals surface area (Å²) in [5.41, 5.74) is -0.945. The molecule has 1 unspecified atom stereocenters. The smallest absolute Gasteiger partial charge is 0.390 e. The molecule has 2 N–H and O–H groups in total. The molecule has 4 nitrogen and oxygen atoms in total. The van der Waals surface area contributed by atoms with Gasteiger partial charge in [-0.15, -0.1) is 0 Å². The molecular weight excluding hydrogens is 211 g/mol. The predicted molar refractivity (Wildman–Crippen MR) is 47.2 cm³/mol. The lowest BCUT2D eigenvalue weighted by molar-refractivity contribution is -0.141. The highest BCUT2D eigenvalue weighted by Gasteiger charge is 2.33. The van der Waals surface area contributed by atoms with E-state index in [4.69, 9.17) is 0 Å². The average Bonchev–Trinajstić information content (AvgIpc) is 2.52. The van der Waals surface area contributed by atoms with Gasteiger partial charge in [0.05, 0.1) is 12.6 Å². The van der Waals surface area contributed by atoms with Gasteiger partial charge in [-0.25, -0.2) is 0 Å². The van der Waals surface area contributed by atoms with Gasteiger partial charge in [-0.05, 0) is 13.1 Å². The number of alkyl halides is 3. The quantitative estimate of drug-likeness (QED) is 0.780. The van der Waals surface area contributed by atoms with Gasteiger partial charge < -0.3 is 10.4 Å². The van der Waals surface area contributed by atoms with Crippen molar-refractivity contribution >= 4 is 0 Å². The van der Waals surface area contributed by atoms with E-state index in [1.54, 1.807) is 7.05 Å². The first-order valence-corrected chi connectivity index (χ1v) is 4.37. The van der Waals surface area contributed by atoms with Crippen LogP contribution in [0.2, 0.25) is 0 Å². The summed E-state index contributed by atoms with van der Waals surface area (Å²) in [6.07, 6.45) is -3.99. The van der Waals surface area contributed by atoms with Crippen LogP contribution < -0.4 is 5.32 Å². The molecule has 1 atom stereocenters. The third-order valence-electron chi connectivity index (χ3n) is 1.77. The van der Waals surface area contributed by atoms with Gasteiger partial charge in [0.2, 0.25) is 0 Å². The first-order valence-electron chi connectivity index (χ1n) is 4.37. The molecule has 0 bridgehead atoms. The van der Waals surface area contributed by atoms with Crippen LogP contribution in [0.1, 0.15) is 5.69 Å². The molecule has 15 heavy (non-hydrogen) atoms. The topological polar surface area (TPSA) is 50.1 Å². The third-order valence-corrected chi connectivity index (χ3v) is 1.77. The highest BCUT2D eigenvalue weighted by molar-refractivity contribution is 5.03. The molecule has 0 saturated heterocycles. The molecular formula is C8H12F3N3O. The van der Waals surface area contributed by atoms with Gasteiger partial charge in [0.15, 0.2) is 5.69 Å². The number of rotatable bonds is 4. The van der Waals surface area contributed by atoms with Gasteiger partial charge in [0, 0.05) is 12.7 Å². The van der Waals surface area contributed by atoms with E-state index in [0.717, 1.165) is 10.7 Å². The largest absolute Gasteiger partial charge is 0.435 e. The zero-order chi connectivity index (χ0) is 11.5. The molecule has 7 heteroatoms. The molecule has 86 valence electrons. The van der Waals surface area contributed by atoms with Crippen LogP contribution in [0.25, 0.3) is 0 Å². The minimum atomic E-state index is -4.43. The molecule has 0 aliphatic rings. The first kappa shape index (κ1) is 12.0. The van der Waals surface area contributed by atoms with Crippen LogP contribution in [0.5, 0.6) is 0 Å². The Bertz CT molecular complexity index is 310. The van der Waals surface area contributed by atoms with Crippen LogP contribution >= 0.6 is 0 Å². The van der Waals surface area contributed by atoms with Crippen molar-refractivity contribution in [2.75, 3.05) is 13.6 Å². The maximum absolute atomic E-state index is 12.1. The Morgan fingerprint density at radius 1 is 1.60 bits per heavy atom. The fourth-order valence-electron chi connectivity index (χ4n) is 1.13. The first-order chi connectivity index (χ1) is 6.93. The van der Waals surface area contributed by atoms with Gasteiger partial charge in [-0.2, -0.15) is 18.3 Å². The number of likely N-dealkylation sites (N-methyl/N-ethyl adjacent to an activating group) is 1. The van der Waals surface area contributed by atoms with E-state index in [1.807, 2.05) is 0 Å². The molecule has 1 rings (SSSR count). The number of hydrogen-bond donors (Lipinski definition) is 2. The van der Waals surface area contributed by atoms with Gasteiger partial charge in [0.1, 0.15) is 0 Å². The van der Waals surface area contributed by atoms with Crippen molar-refractivity contribution in [3.63, 3.8) is 0 Å². The fraction of sp³-hybridized carbons (Fsp3) is 0.625. The summed E-state index contributed by atoms with van der Waals surface area (Å²) in [6, 6.07) is 0.881. The number of nitrogens with one attached hydrogen (secondary N) is 1. The van der Waals surface area contributed by atoms with E-state index in [-0.39, 0.29) is 6.54 Å². The fourth-order valence-corrected chi connectivity index (χ4v) is 1.13. The summed E-state index contributed by atoms with van der Waals surface area (Å²) < 4.78 is 37.5. The van der Waals surface area contributed by atoms with Gasteiger partial charge in [0.25, 0.3) is 0 Å². The van der Waals surface area contributed by atoms with E-state index in [2.05, 4.69) is 10.4 Å². The van der Waals surface area contributed by atoms with E-state index in [9.17, 15) is 18.3 Å². The van der Waals surface area contributed by atoms with Gasteiger partial charge in [-0.1, -0.05) is 0 Å². The van der Waals surface area contributed by atoms with Gasteiger partial charge >= 0.3 is 6.18 Å². The highest BCUT2D eigenvalue weighted by atomic mass is 19.4. The van der Waals surface area contributed by atoms with Gasteiger partial charge in [-0.3, -0.25) is 4.68 Å². The van der Waals surface area contributed by atoms with Crippen LogP contribution in [0.4, 0.5) is 13.2 Å². The normalized spacial score (nSPS) is 14.2. The van der Waals surface area contributed by atoms with E-state index in [0.29, 0.717) is 6.54 Å². The Balaban J connectivity index is 2.61. The maximum Gasteiger partial charge on any atom is 0.435 e. The van der Waals surface area contributed by atoms with Crippen LogP contribution in [0.15, 0.2) is 12.3 Å². The Morgan fingerprint density at radius 3 is 2.73 bits per heavy atom. The van der Waals surface area contributed by atoms with E-state index in [1.165, 1.54) is 6.20 Å². The lowest BCUT2D eigenvalue weighted by atomic mass is 10.3. The molecule has 1 aromatic rings. The molecule has 0 aromatic carbocycles. The van der Waals surface area contributed by atoms with Crippen molar-refractivity contribution in [1.82, 2.24) is 15.1 Å². The Labute approximate surface area is 84.7 Å². The van der Waals surface area contributed by atoms with Crippen LogP contribution in [-0.2, 0) is 12.7 Å². The summed E-state index contributed by atoms with van der Waals surface area (Å²) in [5, 5.41) is 15.3. The summed E-state index contributed by atoms with van der Waals surface area (Å²) in [5.74, 6) is 0. The molecule has 0 radical (unpaired) electrons. The molecule has 0 fully saturated rings. The second-order valence-electron chi connectivity index (χ2n) is 3.13. The number of nitrogens with zero attached hydrogens (tertiary/aromatic N) is 2. The Morgan fingerprint density at radius 2 is 2.27 bits per heavy atom. The molecule has 0 spiro atoms. The summed E-state index contributed by atoms with van der Waals surface area (Å²) in [7, 11) is 1.65. The number of aromatic nitrogens is 2. The minimum absolute atomic E-state index is 0.0386. The number of halogens is 3. The second kappa shape index (κ2) is 4.63. The van der Waals surface area contributed by atoms with Crippen molar-refractivity contribution < 1.29 is 18.3 Å². The second-order valence-corrected chi connectivity index (χ2v) is 3.13. The van der Waals surface area contributed by atoms with Crippen LogP contribution in [0, 0.1) is 0 Å². The minimum Gasteiger partial charge on any atom is -0.390 e. The van der Waals surface area contributed by atoms with Crippen LogP contribution in [0.3, 0.4) is 0 Å². The predicted octanol–water partition coefficient (Wildman–Crippen LogP) is 0.482. The summed E-state index contributed by atoms with van der Waals surface area (Å²) in [4.78, 5) is 0. The molecule has 0 saturated carbocycles. The molecule has 0 aliphatic heterocycles. The Hall–Kier alpha value is -1.08. The van der Waals surface area contributed by atoms with Crippen LogP contribution in [-0.4, -0.2) is 34.6 Å². The zero-order valence-corrected chi connectivity index (χ0v) is 8.12. The lowest BCUT2D eigenvalue weighted by Gasteiger charge is -2.09. The molecule has 1 heterocycles. The maximum atomic E-state index is 12.1. The van der Waals surface area contributed by atoms with Crippen molar-refractivity contribution in [1.29, 1.82) is 0 Å². The van der Waals surface area contributed by atoms with E-state index >= 15 is 0 Å². The van der Waals surface area contributed by atoms with Crippen molar-refractivity contribution in [3.05, 3.63) is 18.0 Å². The Kier molecular flexibility index (Phi) is 3.70. The highest BCUT2D eigenvalue weighted by Crippen LogP contribution is 2.27. The molecule has 1 aromatic heterocycles.